The molecule has 0 unspecified atom stereocenters. The number of nitrogens with two attached hydrogens (primary N) is 1. The molecule has 5 rings (SSSR count). The third-order valence-electron chi connectivity index (χ3n) is 5.31. The lowest BCUT2D eigenvalue weighted by molar-refractivity contribution is -0.134. The summed E-state index contributed by atoms with van der Waals surface area (Å²) in [7, 11) is 0. The number of carbonyl (C=O) groups is 1. The molecule has 6 N–H and O–H groups in total. The molecule has 2 aromatic carbocycles. The summed E-state index contributed by atoms with van der Waals surface area (Å²) < 4.78 is 12.6. The molecular weight excluding hydrogens is 504 g/mol. The predicted molar refractivity (Wildman–Crippen MR) is 141 cm³/mol. The summed E-state index contributed by atoms with van der Waals surface area (Å²) in [6, 6.07) is 11.6. The van der Waals surface area contributed by atoms with Crippen LogP contribution in [0, 0.1) is 17.8 Å². The smallest absolute Gasteiger partial charge is 0.350 e. The number of nitrogen functional groups attached to an aromatic ring is 1. The van der Waals surface area contributed by atoms with E-state index in [1.807, 2.05) is 0 Å². The van der Waals surface area contributed by atoms with Gasteiger partial charge in [0.25, 0.3) is 11.9 Å². The van der Waals surface area contributed by atoms with Gasteiger partial charge in [-0.25, -0.2) is 14.8 Å². The summed E-state index contributed by atoms with van der Waals surface area (Å²) in [6.45, 7) is 1.88. The van der Waals surface area contributed by atoms with Crippen molar-refractivity contribution >= 4 is 17.5 Å². The number of nitrogens with zero attached hydrogens (tertiary/aromatic N) is 4. The van der Waals surface area contributed by atoms with Crippen LogP contribution in [-0.2, 0) is 4.79 Å². The van der Waals surface area contributed by atoms with E-state index in [0.717, 1.165) is 11.6 Å². The van der Waals surface area contributed by atoms with E-state index < -0.39 is 17.7 Å². The van der Waals surface area contributed by atoms with Crippen LogP contribution in [0.4, 0.5) is 5.69 Å². The Morgan fingerprint density at radius 1 is 1.23 bits per heavy atom. The SMILES string of the molecule is C#Cc1cc([C@H](Nc2ccc(C(=N)N)cc2)c2nn(-c3ncccn3)c(=O)[nH]2)cc2c1OCCO2.CC(=O)O. The highest BCUT2D eigenvalue weighted by atomic mass is 16.6. The highest BCUT2D eigenvalue weighted by molar-refractivity contribution is 5.95. The molecule has 0 aliphatic carbocycles. The Kier molecular flexibility index (Phi) is 7.86. The van der Waals surface area contributed by atoms with Crippen molar-refractivity contribution in [1.29, 1.82) is 5.41 Å². The Balaban J connectivity index is 0.000000826. The summed E-state index contributed by atoms with van der Waals surface area (Å²) in [5, 5.41) is 22.8. The van der Waals surface area contributed by atoms with Gasteiger partial charge in [-0.1, -0.05) is 5.92 Å². The number of aromatic nitrogens is 5. The zero-order valence-corrected chi connectivity index (χ0v) is 20.7. The predicted octanol–water partition coefficient (Wildman–Crippen LogP) is 1.68. The number of H-pyrrole nitrogens is 1. The quantitative estimate of drug-likeness (QED) is 0.140. The van der Waals surface area contributed by atoms with Gasteiger partial charge in [-0.05, 0) is 48.0 Å². The fourth-order valence-corrected chi connectivity index (χ4v) is 3.68. The number of aromatic amines is 1. The lowest BCUT2D eigenvalue weighted by Crippen LogP contribution is -2.19. The van der Waals surface area contributed by atoms with E-state index in [1.165, 1.54) is 12.4 Å². The van der Waals surface area contributed by atoms with E-state index in [-0.39, 0.29) is 11.8 Å². The second kappa shape index (κ2) is 11.6. The first-order valence-electron chi connectivity index (χ1n) is 11.5. The second-order valence-electron chi connectivity index (χ2n) is 8.10. The molecule has 3 heterocycles. The van der Waals surface area contributed by atoms with E-state index in [2.05, 4.69) is 31.3 Å². The maximum absolute atomic E-state index is 12.7. The van der Waals surface area contributed by atoms with Crippen molar-refractivity contribution in [3.05, 3.63) is 87.9 Å². The molecule has 0 radical (unpaired) electrons. The van der Waals surface area contributed by atoms with Gasteiger partial charge < -0.3 is 25.6 Å². The maximum atomic E-state index is 12.7. The van der Waals surface area contributed by atoms with Crippen LogP contribution >= 0.6 is 0 Å². The highest BCUT2D eigenvalue weighted by Crippen LogP contribution is 2.38. The minimum atomic E-state index is -0.833. The number of amidine groups is 1. The molecule has 0 spiro atoms. The van der Waals surface area contributed by atoms with Crippen LogP contribution in [-0.4, -0.2) is 54.9 Å². The summed E-state index contributed by atoms with van der Waals surface area (Å²) >= 11 is 0. The Bertz CT molecular complexity index is 1590. The monoisotopic (exact) mass is 528 g/mol. The number of anilines is 1. The van der Waals surface area contributed by atoms with Gasteiger partial charge in [0.2, 0.25) is 0 Å². The molecule has 0 fully saturated rings. The lowest BCUT2D eigenvalue weighted by Gasteiger charge is -2.24. The van der Waals surface area contributed by atoms with Crippen LogP contribution in [0.1, 0.15) is 35.5 Å². The summed E-state index contributed by atoms with van der Waals surface area (Å²) in [5.74, 6) is 3.22. The van der Waals surface area contributed by atoms with Crippen LogP contribution in [0.25, 0.3) is 5.95 Å². The van der Waals surface area contributed by atoms with E-state index in [1.54, 1.807) is 42.5 Å². The van der Waals surface area contributed by atoms with Gasteiger partial charge in [0, 0.05) is 30.6 Å². The van der Waals surface area contributed by atoms with E-state index in [4.69, 9.17) is 36.9 Å². The first-order chi connectivity index (χ1) is 18.8. The van der Waals surface area contributed by atoms with Gasteiger partial charge in [-0.2, -0.15) is 0 Å². The van der Waals surface area contributed by atoms with Gasteiger partial charge >= 0.3 is 5.69 Å². The van der Waals surface area contributed by atoms with Gasteiger partial charge in [0.15, 0.2) is 17.3 Å². The molecule has 4 aromatic rings. The van der Waals surface area contributed by atoms with Gasteiger partial charge in [-0.15, -0.1) is 16.2 Å². The molecule has 1 aliphatic rings. The van der Waals surface area contributed by atoms with E-state index >= 15 is 0 Å². The van der Waals surface area contributed by atoms with Crippen LogP contribution in [0.5, 0.6) is 11.5 Å². The number of rotatable bonds is 6. The third kappa shape index (κ3) is 6.20. The molecule has 0 saturated carbocycles. The average Bonchev–Trinajstić information content (AvgIpc) is 3.32. The number of fused-ring (bicyclic) bond motifs is 1. The van der Waals surface area contributed by atoms with E-state index in [9.17, 15) is 4.79 Å². The zero-order chi connectivity index (χ0) is 27.9. The summed E-state index contributed by atoms with van der Waals surface area (Å²) in [5.41, 5.74) is 7.56. The molecule has 39 heavy (non-hydrogen) atoms. The Morgan fingerprint density at radius 3 is 2.54 bits per heavy atom. The molecule has 0 saturated heterocycles. The number of terminal acetylenes is 1. The first kappa shape index (κ1) is 26.4. The van der Waals surface area contributed by atoms with Crippen molar-refractivity contribution in [2.24, 2.45) is 5.73 Å². The fourth-order valence-electron chi connectivity index (χ4n) is 3.68. The topological polar surface area (TPSA) is 194 Å². The Labute approximate surface area is 222 Å². The van der Waals surface area contributed by atoms with Crippen molar-refractivity contribution < 1.29 is 19.4 Å². The Morgan fingerprint density at radius 2 is 1.90 bits per heavy atom. The summed E-state index contributed by atoms with van der Waals surface area (Å²) in [4.78, 5) is 32.7. The van der Waals surface area contributed by atoms with Crippen LogP contribution in [0.15, 0.2) is 59.7 Å². The molecule has 13 heteroatoms. The molecular formula is C26H24N8O5. The molecule has 13 nitrogen and oxygen atoms in total. The van der Waals surface area contributed by atoms with E-state index in [0.29, 0.717) is 52.9 Å². The number of nitrogens with one attached hydrogen (secondary N) is 3. The number of ether oxygens (including phenoxy) is 2. The highest BCUT2D eigenvalue weighted by Gasteiger charge is 2.25. The third-order valence-corrected chi connectivity index (χ3v) is 5.31. The van der Waals surface area contributed by atoms with Crippen molar-refractivity contribution in [1.82, 2.24) is 24.7 Å². The lowest BCUT2D eigenvalue weighted by atomic mass is 10.0. The number of benzene rings is 2. The largest absolute Gasteiger partial charge is 0.486 e. The van der Waals surface area contributed by atoms with Crippen molar-refractivity contribution in [2.75, 3.05) is 18.5 Å². The van der Waals surface area contributed by atoms with Crippen LogP contribution in [0.3, 0.4) is 0 Å². The normalized spacial score (nSPS) is 12.3. The van der Waals surface area contributed by atoms with Crippen molar-refractivity contribution in [3.63, 3.8) is 0 Å². The molecule has 1 aliphatic heterocycles. The maximum Gasteiger partial charge on any atom is 0.350 e. The molecule has 2 aromatic heterocycles. The first-order valence-corrected chi connectivity index (χ1v) is 11.5. The zero-order valence-electron chi connectivity index (χ0n) is 20.7. The minimum absolute atomic E-state index is 0.0375. The van der Waals surface area contributed by atoms with Crippen molar-refractivity contribution in [2.45, 2.75) is 13.0 Å². The number of hydrogen-bond acceptors (Lipinski definition) is 9. The molecule has 0 bridgehead atoms. The molecule has 1 atom stereocenters. The van der Waals surface area contributed by atoms with Gasteiger partial charge in [0.1, 0.15) is 25.1 Å². The fraction of sp³-hybridized carbons (Fsp3) is 0.154. The molecule has 198 valence electrons. The van der Waals surface area contributed by atoms with Gasteiger partial charge in [-0.3, -0.25) is 15.2 Å². The Hall–Kier alpha value is -5.64. The molecule has 0 amide bonds. The number of aliphatic carboxylic acids is 1. The van der Waals surface area contributed by atoms with Crippen molar-refractivity contribution in [3.8, 4) is 29.8 Å². The van der Waals surface area contributed by atoms with Gasteiger partial charge in [0.05, 0.1) is 5.56 Å². The number of carboxylic acid groups (broad SMARTS) is 1. The van der Waals surface area contributed by atoms with Crippen LogP contribution < -0.4 is 26.2 Å². The standard InChI is InChI=1S/C24H20N8O3.C2H4O2/c1-2-14-12-16(13-18-20(14)35-11-10-34-18)19(29-17-6-4-15(5-7-17)21(25)26)22-30-24(33)32(31-22)23-27-8-3-9-28-23;1-2(3)4/h1,3-9,12-13,19,29H,10-11H2,(H3,25,26)(H,30,31,33);1H3,(H,3,4)/t19-;/m0./s1. The second-order valence-corrected chi connectivity index (χ2v) is 8.10. The number of hydrogen-bond donors (Lipinski definition) is 5. The average molecular weight is 529 g/mol. The minimum Gasteiger partial charge on any atom is -0.486 e. The summed E-state index contributed by atoms with van der Waals surface area (Å²) in [6.07, 6.45) is 8.80. The number of carboxylic acids is 1. The van der Waals surface area contributed by atoms with Crippen LogP contribution in [0.2, 0.25) is 0 Å².